The average molecular weight is 261 g/mol. The maximum Gasteiger partial charge on any atom is 0.239 e. The molecule has 1 aliphatic heterocycles. The predicted molar refractivity (Wildman–Crippen MR) is 78.1 cm³/mol. The van der Waals surface area contributed by atoms with Crippen LogP contribution < -0.4 is 10.6 Å². The summed E-state index contributed by atoms with van der Waals surface area (Å²) < 4.78 is 0. The first-order valence-electron chi connectivity index (χ1n) is 7.06. The fraction of sp³-hybridized carbons (Fsp3) is 0.533. The number of nitrogens with two attached hydrogens (primary N) is 1. The predicted octanol–water partition coefficient (Wildman–Crippen LogP) is 1.46. The highest BCUT2D eigenvalue weighted by Gasteiger charge is 2.24. The van der Waals surface area contributed by atoms with E-state index in [4.69, 9.17) is 5.73 Å². The average Bonchev–Trinajstić information content (AvgIpc) is 2.48. The minimum atomic E-state index is -0.326. The number of carbonyl (C=O) groups is 1. The first-order valence-corrected chi connectivity index (χ1v) is 7.06. The third-order valence-electron chi connectivity index (χ3n) is 3.63. The fourth-order valence-electron chi connectivity index (χ4n) is 2.49. The van der Waals surface area contributed by atoms with Crippen LogP contribution in [0.2, 0.25) is 0 Å². The van der Waals surface area contributed by atoms with Gasteiger partial charge in [-0.2, -0.15) is 0 Å². The highest BCUT2D eigenvalue weighted by molar-refractivity contribution is 5.81. The standard InChI is InChI=1S/C15H23N3O/c1-2-6-14(16)15(19)18-11-9-17(10-12-18)13-7-4-3-5-8-13/h3-5,7-8,14H,2,6,9-12,16H2,1H3/t14-/m0/s1. The van der Waals surface area contributed by atoms with Gasteiger partial charge in [-0.1, -0.05) is 31.5 Å². The van der Waals surface area contributed by atoms with E-state index in [2.05, 4.69) is 24.0 Å². The zero-order valence-electron chi connectivity index (χ0n) is 11.6. The lowest BCUT2D eigenvalue weighted by Gasteiger charge is -2.37. The normalized spacial score (nSPS) is 17.4. The van der Waals surface area contributed by atoms with Crippen molar-refractivity contribution >= 4 is 11.6 Å². The van der Waals surface area contributed by atoms with Crippen molar-refractivity contribution in [3.05, 3.63) is 30.3 Å². The van der Waals surface area contributed by atoms with Crippen molar-refractivity contribution in [3.63, 3.8) is 0 Å². The largest absolute Gasteiger partial charge is 0.368 e. The molecular weight excluding hydrogens is 238 g/mol. The molecule has 104 valence electrons. The molecule has 1 heterocycles. The topological polar surface area (TPSA) is 49.6 Å². The van der Waals surface area contributed by atoms with Gasteiger partial charge in [-0.15, -0.1) is 0 Å². The Hall–Kier alpha value is -1.55. The number of hydrogen-bond acceptors (Lipinski definition) is 3. The number of anilines is 1. The molecule has 1 atom stereocenters. The number of rotatable bonds is 4. The first-order chi connectivity index (χ1) is 9.22. The number of para-hydroxylation sites is 1. The summed E-state index contributed by atoms with van der Waals surface area (Å²) >= 11 is 0. The molecular formula is C15H23N3O. The molecule has 0 saturated carbocycles. The van der Waals surface area contributed by atoms with Gasteiger partial charge in [-0.25, -0.2) is 0 Å². The third kappa shape index (κ3) is 3.47. The molecule has 1 saturated heterocycles. The van der Waals surface area contributed by atoms with Crippen molar-refractivity contribution in [1.29, 1.82) is 0 Å². The fourth-order valence-corrected chi connectivity index (χ4v) is 2.49. The van der Waals surface area contributed by atoms with E-state index in [1.165, 1.54) is 5.69 Å². The van der Waals surface area contributed by atoms with Crippen molar-refractivity contribution in [1.82, 2.24) is 4.90 Å². The van der Waals surface area contributed by atoms with Gasteiger partial charge in [-0.3, -0.25) is 4.79 Å². The SMILES string of the molecule is CCC[C@H](N)C(=O)N1CCN(c2ccccc2)CC1. The van der Waals surface area contributed by atoms with Crippen LogP contribution in [0.15, 0.2) is 30.3 Å². The van der Waals surface area contributed by atoms with Crippen molar-refractivity contribution in [3.8, 4) is 0 Å². The van der Waals surface area contributed by atoms with E-state index in [1.54, 1.807) is 0 Å². The smallest absolute Gasteiger partial charge is 0.239 e. The van der Waals surface area contributed by atoms with Crippen LogP contribution in [0.4, 0.5) is 5.69 Å². The quantitative estimate of drug-likeness (QED) is 0.892. The summed E-state index contributed by atoms with van der Waals surface area (Å²) in [4.78, 5) is 16.3. The Bertz CT molecular complexity index is 399. The maximum atomic E-state index is 12.1. The first kappa shape index (κ1) is 13.9. The molecule has 1 amide bonds. The second kappa shape index (κ2) is 6.57. The molecule has 1 aromatic carbocycles. The van der Waals surface area contributed by atoms with Crippen molar-refractivity contribution in [2.24, 2.45) is 5.73 Å². The van der Waals surface area contributed by atoms with E-state index in [-0.39, 0.29) is 11.9 Å². The number of amides is 1. The zero-order valence-corrected chi connectivity index (χ0v) is 11.6. The van der Waals surface area contributed by atoms with Gasteiger partial charge in [0, 0.05) is 31.9 Å². The summed E-state index contributed by atoms with van der Waals surface area (Å²) in [5, 5.41) is 0. The van der Waals surface area contributed by atoms with Crippen LogP contribution in [0.25, 0.3) is 0 Å². The van der Waals surface area contributed by atoms with Gasteiger partial charge in [0.2, 0.25) is 5.91 Å². The number of nitrogens with zero attached hydrogens (tertiary/aromatic N) is 2. The molecule has 0 aliphatic carbocycles. The van der Waals surface area contributed by atoms with Crippen molar-refractivity contribution < 1.29 is 4.79 Å². The number of benzene rings is 1. The molecule has 2 N–H and O–H groups in total. The molecule has 0 bridgehead atoms. The van der Waals surface area contributed by atoms with Crippen LogP contribution in [-0.2, 0) is 4.79 Å². The van der Waals surface area contributed by atoms with Crippen LogP contribution in [0, 0.1) is 0 Å². The zero-order chi connectivity index (χ0) is 13.7. The minimum absolute atomic E-state index is 0.106. The number of carbonyl (C=O) groups excluding carboxylic acids is 1. The van der Waals surface area contributed by atoms with Crippen LogP contribution in [0.3, 0.4) is 0 Å². The Morgan fingerprint density at radius 3 is 2.42 bits per heavy atom. The lowest BCUT2D eigenvalue weighted by molar-refractivity contribution is -0.133. The molecule has 0 unspecified atom stereocenters. The van der Waals surface area contributed by atoms with Crippen molar-refractivity contribution in [2.45, 2.75) is 25.8 Å². The molecule has 4 nitrogen and oxygen atoms in total. The van der Waals surface area contributed by atoms with Gasteiger partial charge in [0.05, 0.1) is 6.04 Å². The van der Waals surface area contributed by atoms with Crippen molar-refractivity contribution in [2.75, 3.05) is 31.1 Å². The Morgan fingerprint density at radius 2 is 1.84 bits per heavy atom. The second-order valence-electron chi connectivity index (χ2n) is 5.04. The van der Waals surface area contributed by atoms with E-state index in [0.29, 0.717) is 0 Å². The molecule has 0 radical (unpaired) electrons. The highest BCUT2D eigenvalue weighted by Crippen LogP contribution is 2.16. The summed E-state index contributed by atoms with van der Waals surface area (Å²) in [5.74, 6) is 0.106. The molecule has 0 spiro atoms. The summed E-state index contributed by atoms with van der Waals surface area (Å²) in [6.07, 6.45) is 1.73. The summed E-state index contributed by atoms with van der Waals surface area (Å²) in [6.45, 7) is 5.36. The Labute approximate surface area is 115 Å². The Morgan fingerprint density at radius 1 is 1.21 bits per heavy atom. The molecule has 1 aliphatic rings. The van der Waals surface area contributed by atoms with Gasteiger partial charge < -0.3 is 15.5 Å². The van der Waals surface area contributed by atoms with Crippen LogP contribution >= 0.6 is 0 Å². The minimum Gasteiger partial charge on any atom is -0.368 e. The number of hydrogen-bond donors (Lipinski definition) is 1. The second-order valence-corrected chi connectivity index (χ2v) is 5.04. The lowest BCUT2D eigenvalue weighted by Crippen LogP contribution is -2.53. The molecule has 1 aromatic rings. The molecule has 1 fully saturated rings. The maximum absolute atomic E-state index is 12.1. The monoisotopic (exact) mass is 261 g/mol. The van der Waals surface area contributed by atoms with E-state index in [9.17, 15) is 4.79 Å². The molecule has 19 heavy (non-hydrogen) atoms. The highest BCUT2D eigenvalue weighted by atomic mass is 16.2. The summed E-state index contributed by atoms with van der Waals surface area (Å²) in [5.41, 5.74) is 7.13. The van der Waals surface area contributed by atoms with Gasteiger partial charge in [0.1, 0.15) is 0 Å². The van der Waals surface area contributed by atoms with E-state index >= 15 is 0 Å². The molecule has 2 rings (SSSR count). The van der Waals surface area contributed by atoms with Crippen LogP contribution in [0.5, 0.6) is 0 Å². The van der Waals surface area contributed by atoms with Gasteiger partial charge >= 0.3 is 0 Å². The van der Waals surface area contributed by atoms with Gasteiger partial charge in [0.25, 0.3) is 0 Å². The van der Waals surface area contributed by atoms with Gasteiger partial charge in [0.15, 0.2) is 0 Å². The Balaban J connectivity index is 1.87. The van der Waals surface area contributed by atoms with Gasteiger partial charge in [-0.05, 0) is 18.6 Å². The lowest BCUT2D eigenvalue weighted by atomic mass is 10.1. The van der Waals surface area contributed by atoms with E-state index in [0.717, 1.165) is 39.0 Å². The van der Waals surface area contributed by atoms with Crippen LogP contribution in [-0.4, -0.2) is 43.0 Å². The Kier molecular flexibility index (Phi) is 4.80. The third-order valence-corrected chi connectivity index (χ3v) is 3.63. The molecule has 4 heteroatoms. The van der Waals surface area contributed by atoms with E-state index in [1.807, 2.05) is 23.1 Å². The number of piperazine rings is 1. The summed E-state index contributed by atoms with van der Waals surface area (Å²) in [7, 11) is 0. The summed E-state index contributed by atoms with van der Waals surface area (Å²) in [6, 6.07) is 10.0. The molecule has 0 aromatic heterocycles. The van der Waals surface area contributed by atoms with Crippen LogP contribution in [0.1, 0.15) is 19.8 Å². The van der Waals surface area contributed by atoms with E-state index < -0.39 is 0 Å².